The maximum atomic E-state index is 12.2. The lowest BCUT2D eigenvalue weighted by molar-refractivity contribution is -0.129. The third-order valence-corrected chi connectivity index (χ3v) is 3.94. The summed E-state index contributed by atoms with van der Waals surface area (Å²) >= 11 is 0. The molecule has 0 spiro atoms. The average Bonchev–Trinajstić information content (AvgIpc) is 2.66. The van der Waals surface area contributed by atoms with Crippen LogP contribution >= 0.6 is 0 Å². The van der Waals surface area contributed by atoms with Gasteiger partial charge in [0.2, 0.25) is 5.91 Å². The summed E-state index contributed by atoms with van der Waals surface area (Å²) in [5, 5.41) is 2.63. The van der Waals surface area contributed by atoms with E-state index in [0.717, 1.165) is 11.3 Å². The molecule has 2 amide bonds. The van der Waals surface area contributed by atoms with Crippen molar-refractivity contribution in [3.63, 3.8) is 0 Å². The molecule has 2 rings (SSSR count). The van der Waals surface area contributed by atoms with Crippen LogP contribution in [0.1, 0.15) is 22.8 Å². The number of carbonyl (C=O) groups excluding carboxylic acids is 2. The molecule has 144 valence electrons. The molecule has 0 radical (unpaired) electrons. The molecule has 0 bridgehead atoms. The van der Waals surface area contributed by atoms with Gasteiger partial charge in [-0.05, 0) is 55.8 Å². The van der Waals surface area contributed by atoms with Crippen LogP contribution < -0.4 is 14.8 Å². The van der Waals surface area contributed by atoms with Crippen LogP contribution in [0.3, 0.4) is 0 Å². The van der Waals surface area contributed by atoms with Gasteiger partial charge in [0.05, 0.1) is 19.7 Å². The molecule has 6 nitrogen and oxygen atoms in total. The lowest BCUT2D eigenvalue weighted by atomic mass is 10.2. The molecule has 0 fully saturated rings. The van der Waals surface area contributed by atoms with Crippen LogP contribution in [0, 0.1) is 6.92 Å². The fourth-order valence-corrected chi connectivity index (χ4v) is 2.39. The van der Waals surface area contributed by atoms with Gasteiger partial charge in [-0.1, -0.05) is 12.1 Å². The fraction of sp³-hybridized carbons (Fsp3) is 0.333. The Balaban J connectivity index is 1.72. The van der Waals surface area contributed by atoms with Gasteiger partial charge in [-0.15, -0.1) is 0 Å². The van der Waals surface area contributed by atoms with Crippen molar-refractivity contribution < 1.29 is 19.1 Å². The SMILES string of the molecule is CCOc1ccc(C(=O)NCC(=O)N(C)CCOc2cccc(C)c2)cc1. The standard InChI is InChI=1S/C21H26N2O4/c1-4-26-18-10-8-17(9-11-18)21(25)22-15-20(24)23(3)12-13-27-19-7-5-6-16(2)14-19/h5-11,14H,4,12-13,15H2,1-3H3,(H,22,25). The second-order valence-electron chi connectivity index (χ2n) is 6.12. The molecule has 0 unspecified atom stereocenters. The molecular formula is C21H26N2O4. The van der Waals surface area contributed by atoms with Gasteiger partial charge in [-0.25, -0.2) is 0 Å². The Morgan fingerprint density at radius 1 is 1.04 bits per heavy atom. The Bertz CT molecular complexity index is 759. The van der Waals surface area contributed by atoms with Crippen molar-refractivity contribution >= 4 is 11.8 Å². The zero-order chi connectivity index (χ0) is 19.6. The Labute approximate surface area is 160 Å². The summed E-state index contributed by atoms with van der Waals surface area (Å²) in [6, 6.07) is 14.6. The summed E-state index contributed by atoms with van der Waals surface area (Å²) in [4.78, 5) is 25.8. The molecule has 1 N–H and O–H groups in total. The number of nitrogens with one attached hydrogen (secondary N) is 1. The van der Waals surface area contributed by atoms with E-state index in [1.165, 1.54) is 4.90 Å². The lowest BCUT2D eigenvalue weighted by Crippen LogP contribution is -2.39. The van der Waals surface area contributed by atoms with Gasteiger partial charge < -0.3 is 19.7 Å². The van der Waals surface area contributed by atoms with Crippen molar-refractivity contribution in [3.05, 3.63) is 59.7 Å². The van der Waals surface area contributed by atoms with Gasteiger partial charge in [0, 0.05) is 12.6 Å². The zero-order valence-electron chi connectivity index (χ0n) is 16.0. The molecule has 0 aliphatic carbocycles. The van der Waals surface area contributed by atoms with E-state index in [1.807, 2.05) is 38.1 Å². The number of likely N-dealkylation sites (N-methyl/N-ethyl adjacent to an activating group) is 1. The smallest absolute Gasteiger partial charge is 0.251 e. The minimum Gasteiger partial charge on any atom is -0.494 e. The number of hydrogen-bond acceptors (Lipinski definition) is 4. The van der Waals surface area contributed by atoms with Crippen LogP contribution in [-0.2, 0) is 4.79 Å². The largest absolute Gasteiger partial charge is 0.494 e. The summed E-state index contributed by atoms with van der Waals surface area (Å²) in [6.45, 7) is 5.22. The molecule has 0 saturated heterocycles. The molecule has 0 atom stereocenters. The molecule has 2 aromatic rings. The third-order valence-electron chi connectivity index (χ3n) is 3.94. The zero-order valence-corrected chi connectivity index (χ0v) is 16.0. The number of nitrogens with zero attached hydrogens (tertiary/aromatic N) is 1. The van der Waals surface area contributed by atoms with Gasteiger partial charge >= 0.3 is 0 Å². The van der Waals surface area contributed by atoms with Gasteiger partial charge in [0.1, 0.15) is 18.1 Å². The van der Waals surface area contributed by atoms with Crippen LogP contribution in [-0.4, -0.2) is 50.1 Å². The first-order valence-electron chi connectivity index (χ1n) is 8.94. The fourth-order valence-electron chi connectivity index (χ4n) is 2.39. The Morgan fingerprint density at radius 2 is 1.78 bits per heavy atom. The first kappa shape index (κ1) is 20.3. The number of aryl methyl sites for hydroxylation is 1. The predicted molar refractivity (Wildman–Crippen MR) is 104 cm³/mol. The summed E-state index contributed by atoms with van der Waals surface area (Å²) in [5.74, 6) is 1.01. The van der Waals surface area contributed by atoms with E-state index in [4.69, 9.17) is 9.47 Å². The molecule has 27 heavy (non-hydrogen) atoms. The number of carbonyl (C=O) groups is 2. The normalized spacial score (nSPS) is 10.2. The van der Waals surface area contributed by atoms with Crippen molar-refractivity contribution in [2.75, 3.05) is 33.4 Å². The van der Waals surface area contributed by atoms with E-state index in [1.54, 1.807) is 31.3 Å². The highest BCUT2D eigenvalue weighted by molar-refractivity contribution is 5.96. The minimum absolute atomic E-state index is 0.0625. The first-order valence-corrected chi connectivity index (χ1v) is 8.94. The van der Waals surface area contributed by atoms with Crippen molar-refractivity contribution in [2.45, 2.75) is 13.8 Å². The lowest BCUT2D eigenvalue weighted by Gasteiger charge is -2.18. The second kappa shape index (κ2) is 10.2. The van der Waals surface area contributed by atoms with Crippen LogP contribution in [0.5, 0.6) is 11.5 Å². The third kappa shape index (κ3) is 6.66. The summed E-state index contributed by atoms with van der Waals surface area (Å²) < 4.78 is 11.0. The number of hydrogen-bond donors (Lipinski definition) is 1. The van der Waals surface area contributed by atoms with E-state index >= 15 is 0 Å². The Morgan fingerprint density at radius 3 is 2.44 bits per heavy atom. The molecule has 0 aromatic heterocycles. The van der Waals surface area contributed by atoms with Crippen LogP contribution in [0.25, 0.3) is 0 Å². The van der Waals surface area contributed by atoms with Gasteiger partial charge in [-0.2, -0.15) is 0 Å². The van der Waals surface area contributed by atoms with E-state index < -0.39 is 0 Å². The summed E-state index contributed by atoms with van der Waals surface area (Å²) in [5.41, 5.74) is 1.60. The maximum absolute atomic E-state index is 12.2. The molecule has 0 aliphatic rings. The molecule has 0 aliphatic heterocycles. The van der Waals surface area contributed by atoms with Crippen LogP contribution in [0.4, 0.5) is 0 Å². The number of ether oxygens (including phenoxy) is 2. The van der Waals surface area contributed by atoms with Crippen molar-refractivity contribution in [1.82, 2.24) is 10.2 Å². The number of rotatable bonds is 9. The summed E-state index contributed by atoms with van der Waals surface area (Å²) in [7, 11) is 1.69. The topological polar surface area (TPSA) is 67.9 Å². The molecule has 0 saturated carbocycles. The molecular weight excluding hydrogens is 344 g/mol. The molecule has 6 heteroatoms. The predicted octanol–water partition coefficient (Wildman–Crippen LogP) is 2.66. The maximum Gasteiger partial charge on any atom is 0.251 e. The minimum atomic E-state index is -0.296. The quantitative estimate of drug-likeness (QED) is 0.737. The monoisotopic (exact) mass is 370 g/mol. The Kier molecular flexibility index (Phi) is 7.67. The summed E-state index contributed by atoms with van der Waals surface area (Å²) in [6.07, 6.45) is 0. The van der Waals surface area contributed by atoms with E-state index in [9.17, 15) is 9.59 Å². The van der Waals surface area contributed by atoms with Gasteiger partial charge in [0.15, 0.2) is 0 Å². The number of benzene rings is 2. The van der Waals surface area contributed by atoms with Gasteiger partial charge in [-0.3, -0.25) is 9.59 Å². The van der Waals surface area contributed by atoms with E-state index in [2.05, 4.69) is 5.32 Å². The van der Waals surface area contributed by atoms with Crippen molar-refractivity contribution in [2.24, 2.45) is 0 Å². The highest BCUT2D eigenvalue weighted by Crippen LogP contribution is 2.13. The van der Waals surface area contributed by atoms with Crippen molar-refractivity contribution in [1.29, 1.82) is 0 Å². The van der Waals surface area contributed by atoms with Gasteiger partial charge in [0.25, 0.3) is 5.91 Å². The second-order valence-corrected chi connectivity index (χ2v) is 6.12. The van der Waals surface area contributed by atoms with E-state index in [0.29, 0.717) is 31.1 Å². The van der Waals surface area contributed by atoms with Crippen molar-refractivity contribution in [3.8, 4) is 11.5 Å². The highest BCUT2D eigenvalue weighted by atomic mass is 16.5. The van der Waals surface area contributed by atoms with E-state index in [-0.39, 0.29) is 18.4 Å². The van der Waals surface area contributed by atoms with Crippen LogP contribution in [0.2, 0.25) is 0 Å². The van der Waals surface area contributed by atoms with Crippen LogP contribution in [0.15, 0.2) is 48.5 Å². The Hall–Kier alpha value is -3.02. The number of amides is 2. The average molecular weight is 370 g/mol. The molecule has 2 aromatic carbocycles. The molecule has 0 heterocycles. The first-order chi connectivity index (χ1) is 13.0. The highest BCUT2D eigenvalue weighted by Gasteiger charge is 2.12.